The third-order valence-corrected chi connectivity index (χ3v) is 5.11. The van der Waals surface area contributed by atoms with Crippen LogP contribution in [0.4, 0.5) is 5.82 Å². The quantitative estimate of drug-likeness (QED) is 0.712. The zero-order chi connectivity index (χ0) is 18.1. The average molecular weight is 370 g/mol. The number of para-hydroxylation sites is 2. The Morgan fingerprint density at radius 2 is 1.85 bits per heavy atom. The number of hydrogen-bond donors (Lipinski definition) is 0. The van der Waals surface area contributed by atoms with Crippen molar-refractivity contribution in [2.75, 3.05) is 31.1 Å². The maximum atomic E-state index is 13.0. The largest absolute Gasteiger partial charge is 0.353 e. The summed E-state index contributed by atoms with van der Waals surface area (Å²) in [6, 6.07) is 11.4. The normalized spacial score (nSPS) is 16.1. The highest BCUT2D eigenvalue weighted by Crippen LogP contribution is 2.21. The molecule has 0 saturated carbocycles. The number of fused-ring (bicyclic) bond motifs is 1. The number of piperazine rings is 1. The van der Waals surface area contributed by atoms with Crippen LogP contribution in [0.1, 0.15) is 13.0 Å². The summed E-state index contributed by atoms with van der Waals surface area (Å²) in [6.07, 6.45) is 3.40. The van der Waals surface area contributed by atoms with Crippen LogP contribution < -0.4 is 4.90 Å². The van der Waals surface area contributed by atoms with Crippen LogP contribution in [0.5, 0.6) is 0 Å². The van der Waals surface area contributed by atoms with E-state index in [9.17, 15) is 4.79 Å². The summed E-state index contributed by atoms with van der Waals surface area (Å²) in [6.45, 7) is 4.82. The predicted molar refractivity (Wildman–Crippen MR) is 102 cm³/mol. The van der Waals surface area contributed by atoms with E-state index < -0.39 is 0 Å². The van der Waals surface area contributed by atoms with Crippen molar-refractivity contribution in [3.63, 3.8) is 0 Å². The topological polar surface area (TPSA) is 54.3 Å². The van der Waals surface area contributed by atoms with Crippen molar-refractivity contribution >= 4 is 34.4 Å². The molecule has 7 heteroatoms. The van der Waals surface area contributed by atoms with Gasteiger partial charge in [0.1, 0.15) is 11.9 Å². The lowest BCUT2D eigenvalue weighted by Crippen LogP contribution is -2.50. The molecular weight excluding hydrogens is 350 g/mol. The van der Waals surface area contributed by atoms with Gasteiger partial charge in [0.25, 0.3) is 0 Å². The molecule has 0 radical (unpaired) electrons. The Morgan fingerprint density at radius 3 is 2.58 bits per heavy atom. The van der Waals surface area contributed by atoms with Crippen molar-refractivity contribution in [2.24, 2.45) is 0 Å². The fourth-order valence-electron chi connectivity index (χ4n) is 3.38. The number of amides is 1. The van der Waals surface area contributed by atoms with Gasteiger partial charge in [0, 0.05) is 32.4 Å². The summed E-state index contributed by atoms with van der Waals surface area (Å²) < 4.78 is 1.95. The summed E-state index contributed by atoms with van der Waals surface area (Å²) in [5.41, 5.74) is 1.89. The minimum Gasteiger partial charge on any atom is -0.353 e. The number of anilines is 1. The van der Waals surface area contributed by atoms with E-state index in [1.54, 1.807) is 12.5 Å². The van der Waals surface area contributed by atoms with Crippen LogP contribution in [0.15, 0.2) is 48.9 Å². The van der Waals surface area contributed by atoms with Crippen LogP contribution in [-0.2, 0) is 4.79 Å². The SMILES string of the molecule is CC(C(=O)N1CCN(c2ccc(Cl)cn2)CC1)n1cnc2ccccc21. The number of hydrogen-bond acceptors (Lipinski definition) is 4. The molecule has 0 bridgehead atoms. The predicted octanol–water partition coefficient (Wildman–Crippen LogP) is 2.99. The lowest BCUT2D eigenvalue weighted by molar-refractivity contribution is -0.134. The molecule has 134 valence electrons. The second-order valence-electron chi connectivity index (χ2n) is 6.46. The molecular formula is C19H20ClN5O. The number of carbonyl (C=O) groups is 1. The first kappa shape index (κ1) is 16.8. The first-order chi connectivity index (χ1) is 12.6. The summed E-state index contributed by atoms with van der Waals surface area (Å²) >= 11 is 5.90. The van der Waals surface area contributed by atoms with Crippen molar-refractivity contribution < 1.29 is 4.79 Å². The molecule has 1 atom stereocenters. The standard InChI is InChI=1S/C19H20ClN5O/c1-14(25-13-22-16-4-2-3-5-17(16)25)19(26)24-10-8-23(9-11-24)18-7-6-15(20)12-21-18/h2-7,12-14H,8-11H2,1H3. The molecule has 1 saturated heterocycles. The van der Waals surface area contributed by atoms with E-state index in [2.05, 4.69) is 14.9 Å². The Kier molecular flexibility index (Phi) is 4.51. The molecule has 1 unspecified atom stereocenters. The molecule has 1 aromatic carbocycles. The number of imidazole rings is 1. The highest BCUT2D eigenvalue weighted by Gasteiger charge is 2.27. The first-order valence-corrected chi connectivity index (χ1v) is 9.08. The highest BCUT2D eigenvalue weighted by atomic mass is 35.5. The monoisotopic (exact) mass is 369 g/mol. The van der Waals surface area contributed by atoms with Gasteiger partial charge in [0.2, 0.25) is 5.91 Å². The second kappa shape index (κ2) is 6.96. The van der Waals surface area contributed by atoms with E-state index in [4.69, 9.17) is 11.6 Å². The fourth-order valence-corrected chi connectivity index (χ4v) is 3.49. The van der Waals surface area contributed by atoms with Crippen LogP contribution in [0, 0.1) is 0 Å². The lowest BCUT2D eigenvalue weighted by atomic mass is 10.2. The Labute approximate surface area is 157 Å². The van der Waals surface area contributed by atoms with Gasteiger partial charge in [-0.05, 0) is 31.2 Å². The Bertz CT molecular complexity index is 915. The minimum atomic E-state index is -0.275. The third kappa shape index (κ3) is 3.12. The van der Waals surface area contributed by atoms with Gasteiger partial charge < -0.3 is 14.4 Å². The van der Waals surface area contributed by atoms with E-state index >= 15 is 0 Å². The summed E-state index contributed by atoms with van der Waals surface area (Å²) in [5.74, 6) is 1.02. The number of pyridine rings is 1. The molecule has 1 fully saturated rings. The van der Waals surface area contributed by atoms with Gasteiger partial charge in [-0.1, -0.05) is 23.7 Å². The molecule has 2 aromatic heterocycles. The Hall–Kier alpha value is -2.60. The highest BCUT2D eigenvalue weighted by molar-refractivity contribution is 6.30. The van der Waals surface area contributed by atoms with E-state index in [0.29, 0.717) is 18.1 Å². The molecule has 1 aliphatic heterocycles. The van der Waals surface area contributed by atoms with Crippen molar-refractivity contribution in [1.29, 1.82) is 0 Å². The fraction of sp³-hybridized carbons (Fsp3) is 0.316. The van der Waals surface area contributed by atoms with E-state index in [1.807, 2.05) is 52.8 Å². The van der Waals surface area contributed by atoms with Gasteiger partial charge in [-0.2, -0.15) is 0 Å². The molecule has 6 nitrogen and oxygen atoms in total. The van der Waals surface area contributed by atoms with Crippen LogP contribution in [0.3, 0.4) is 0 Å². The maximum Gasteiger partial charge on any atom is 0.245 e. The Morgan fingerprint density at radius 1 is 1.08 bits per heavy atom. The molecule has 0 N–H and O–H groups in total. The smallest absolute Gasteiger partial charge is 0.245 e. The molecule has 26 heavy (non-hydrogen) atoms. The van der Waals surface area contributed by atoms with Gasteiger partial charge >= 0.3 is 0 Å². The minimum absolute atomic E-state index is 0.122. The van der Waals surface area contributed by atoms with Gasteiger partial charge in [0.15, 0.2) is 0 Å². The van der Waals surface area contributed by atoms with Crippen LogP contribution in [0.2, 0.25) is 5.02 Å². The van der Waals surface area contributed by atoms with Crippen molar-refractivity contribution in [1.82, 2.24) is 19.4 Å². The average Bonchev–Trinajstić information content (AvgIpc) is 3.12. The number of benzene rings is 1. The third-order valence-electron chi connectivity index (χ3n) is 4.88. The molecule has 4 rings (SSSR count). The van der Waals surface area contributed by atoms with Crippen molar-refractivity contribution in [3.8, 4) is 0 Å². The molecule has 1 aliphatic rings. The first-order valence-electron chi connectivity index (χ1n) is 8.70. The van der Waals surface area contributed by atoms with Crippen molar-refractivity contribution in [2.45, 2.75) is 13.0 Å². The summed E-state index contributed by atoms with van der Waals surface area (Å²) in [7, 11) is 0. The summed E-state index contributed by atoms with van der Waals surface area (Å²) in [5, 5.41) is 0.629. The second-order valence-corrected chi connectivity index (χ2v) is 6.90. The van der Waals surface area contributed by atoms with Gasteiger partial charge in [-0.3, -0.25) is 4.79 Å². The zero-order valence-electron chi connectivity index (χ0n) is 14.5. The van der Waals surface area contributed by atoms with E-state index in [-0.39, 0.29) is 11.9 Å². The zero-order valence-corrected chi connectivity index (χ0v) is 15.3. The summed E-state index contributed by atoms with van der Waals surface area (Å²) in [4.78, 5) is 25.8. The molecule has 1 amide bonds. The Balaban J connectivity index is 1.44. The van der Waals surface area contributed by atoms with Gasteiger partial charge in [0.05, 0.1) is 22.4 Å². The van der Waals surface area contributed by atoms with Crippen molar-refractivity contribution in [3.05, 3.63) is 53.9 Å². The van der Waals surface area contributed by atoms with Gasteiger partial charge in [-0.25, -0.2) is 9.97 Å². The lowest BCUT2D eigenvalue weighted by Gasteiger charge is -2.36. The van der Waals surface area contributed by atoms with Crippen LogP contribution in [-0.4, -0.2) is 51.5 Å². The van der Waals surface area contributed by atoms with Crippen LogP contribution >= 0.6 is 11.6 Å². The molecule has 0 aliphatic carbocycles. The van der Waals surface area contributed by atoms with Crippen LogP contribution in [0.25, 0.3) is 11.0 Å². The van der Waals surface area contributed by atoms with E-state index in [0.717, 1.165) is 29.9 Å². The molecule has 0 spiro atoms. The molecule has 3 aromatic rings. The molecule has 3 heterocycles. The number of aromatic nitrogens is 3. The van der Waals surface area contributed by atoms with Gasteiger partial charge in [-0.15, -0.1) is 0 Å². The number of halogens is 1. The number of rotatable bonds is 3. The maximum absolute atomic E-state index is 13.0. The number of carbonyl (C=O) groups excluding carboxylic acids is 1. The van der Waals surface area contributed by atoms with E-state index in [1.165, 1.54) is 0 Å². The number of nitrogens with zero attached hydrogens (tertiary/aromatic N) is 5.